The van der Waals surface area contributed by atoms with E-state index in [-0.39, 0.29) is 11.6 Å². The van der Waals surface area contributed by atoms with Crippen LogP contribution in [0.1, 0.15) is 40.9 Å². The predicted octanol–water partition coefficient (Wildman–Crippen LogP) is 3.44. The molecule has 17 heavy (non-hydrogen) atoms. The van der Waals surface area contributed by atoms with Gasteiger partial charge in [0.1, 0.15) is 0 Å². The molecular weight excluding hydrogens is 212 g/mol. The van der Waals surface area contributed by atoms with Gasteiger partial charge < -0.3 is 0 Å². The van der Waals surface area contributed by atoms with Crippen molar-refractivity contribution in [2.45, 2.75) is 20.8 Å². The first-order valence-corrected chi connectivity index (χ1v) is 5.37. The van der Waals surface area contributed by atoms with Gasteiger partial charge in [0.15, 0.2) is 11.6 Å². The number of hydrogen-bond donors (Lipinski definition) is 0. The summed E-state index contributed by atoms with van der Waals surface area (Å²) in [6.45, 7) is 12.3. The summed E-state index contributed by atoms with van der Waals surface area (Å²) in [7, 11) is 0. The highest BCUT2D eigenvalue weighted by atomic mass is 16.1. The minimum absolute atomic E-state index is 0.0782. The fourth-order valence-electron chi connectivity index (χ4n) is 1.78. The zero-order valence-electron chi connectivity index (χ0n) is 10.5. The van der Waals surface area contributed by atoms with E-state index >= 15 is 0 Å². The van der Waals surface area contributed by atoms with E-state index in [1.165, 1.54) is 13.8 Å². The molecule has 0 fully saturated rings. The van der Waals surface area contributed by atoms with Crippen LogP contribution in [-0.2, 0) is 4.79 Å². The van der Waals surface area contributed by atoms with Gasteiger partial charge in [-0.25, -0.2) is 0 Å². The Kier molecular flexibility index (Phi) is 3.79. The highest BCUT2D eigenvalue weighted by Crippen LogP contribution is 2.27. The molecule has 0 unspecified atom stereocenters. The first kappa shape index (κ1) is 13.1. The Hall–Kier alpha value is -1.96. The number of carbonyl (C=O) groups is 2. The van der Waals surface area contributed by atoms with Gasteiger partial charge in [0.05, 0.1) is 0 Å². The van der Waals surface area contributed by atoms with Gasteiger partial charge in [-0.1, -0.05) is 31.4 Å². The number of aryl methyl sites for hydroxylation is 1. The van der Waals surface area contributed by atoms with Gasteiger partial charge in [-0.05, 0) is 31.9 Å². The third kappa shape index (κ3) is 2.41. The maximum atomic E-state index is 11.6. The van der Waals surface area contributed by atoms with Crippen molar-refractivity contribution < 1.29 is 9.59 Å². The SMILES string of the molecule is C=Cc1c(C)ccc(C(C)=O)c1C(=C)C(C)=O. The zero-order chi connectivity index (χ0) is 13.2. The Labute approximate surface area is 102 Å². The lowest BCUT2D eigenvalue weighted by atomic mass is 9.89. The lowest BCUT2D eigenvalue weighted by Crippen LogP contribution is -2.06. The van der Waals surface area contributed by atoms with E-state index in [0.29, 0.717) is 16.7 Å². The molecule has 0 heterocycles. The normalized spacial score (nSPS) is 9.82. The van der Waals surface area contributed by atoms with E-state index in [4.69, 9.17) is 0 Å². The maximum Gasteiger partial charge on any atom is 0.160 e. The number of rotatable bonds is 4. The second-order valence-corrected chi connectivity index (χ2v) is 4.01. The predicted molar refractivity (Wildman–Crippen MR) is 71.0 cm³/mol. The third-order valence-electron chi connectivity index (χ3n) is 2.77. The second-order valence-electron chi connectivity index (χ2n) is 4.01. The molecule has 0 saturated heterocycles. The molecule has 0 amide bonds. The first-order chi connectivity index (χ1) is 7.90. The summed E-state index contributed by atoms with van der Waals surface area (Å²) in [5.41, 5.74) is 3.26. The number of allylic oxidation sites excluding steroid dienone is 1. The molecule has 0 aliphatic heterocycles. The smallest absolute Gasteiger partial charge is 0.160 e. The van der Waals surface area contributed by atoms with Crippen LogP contribution < -0.4 is 0 Å². The molecule has 0 atom stereocenters. The fraction of sp³-hybridized carbons (Fsp3) is 0.200. The highest BCUT2D eigenvalue weighted by Gasteiger charge is 2.17. The summed E-state index contributed by atoms with van der Waals surface area (Å²) in [5.74, 6) is -0.216. The minimum Gasteiger partial charge on any atom is -0.295 e. The van der Waals surface area contributed by atoms with E-state index in [0.717, 1.165) is 11.1 Å². The molecule has 1 aromatic rings. The minimum atomic E-state index is -0.138. The van der Waals surface area contributed by atoms with E-state index < -0.39 is 0 Å². The quantitative estimate of drug-likeness (QED) is 0.584. The molecule has 0 aliphatic rings. The van der Waals surface area contributed by atoms with Crippen molar-refractivity contribution >= 4 is 23.2 Å². The van der Waals surface area contributed by atoms with E-state index in [2.05, 4.69) is 13.2 Å². The van der Waals surface area contributed by atoms with Gasteiger partial charge in [-0.3, -0.25) is 9.59 Å². The topological polar surface area (TPSA) is 34.1 Å². The van der Waals surface area contributed by atoms with Gasteiger partial charge in [0.2, 0.25) is 0 Å². The number of benzene rings is 1. The molecule has 0 saturated carbocycles. The van der Waals surface area contributed by atoms with Crippen LogP contribution in [0, 0.1) is 6.92 Å². The van der Waals surface area contributed by atoms with Crippen LogP contribution >= 0.6 is 0 Å². The van der Waals surface area contributed by atoms with Gasteiger partial charge in [0, 0.05) is 16.7 Å². The molecule has 0 N–H and O–H groups in total. The third-order valence-corrected chi connectivity index (χ3v) is 2.77. The van der Waals surface area contributed by atoms with Crippen molar-refractivity contribution in [2.24, 2.45) is 0 Å². The number of carbonyl (C=O) groups excluding carboxylic acids is 2. The van der Waals surface area contributed by atoms with Crippen LogP contribution in [0.4, 0.5) is 0 Å². The average Bonchev–Trinajstić information content (AvgIpc) is 2.26. The van der Waals surface area contributed by atoms with Crippen LogP contribution in [-0.4, -0.2) is 11.6 Å². The summed E-state index contributed by atoms with van der Waals surface area (Å²) in [6.07, 6.45) is 1.66. The monoisotopic (exact) mass is 228 g/mol. The molecule has 0 radical (unpaired) electrons. The average molecular weight is 228 g/mol. The Morgan fingerprint density at radius 2 is 1.82 bits per heavy atom. The number of ketones is 2. The summed E-state index contributed by atoms with van der Waals surface area (Å²) in [6, 6.07) is 3.58. The number of hydrogen-bond acceptors (Lipinski definition) is 2. The summed E-state index contributed by atoms with van der Waals surface area (Å²) in [4.78, 5) is 23.0. The summed E-state index contributed by atoms with van der Waals surface area (Å²) in [5, 5.41) is 0. The Morgan fingerprint density at radius 3 is 2.24 bits per heavy atom. The molecular formula is C15H16O2. The van der Waals surface area contributed by atoms with E-state index in [1.54, 1.807) is 12.1 Å². The van der Waals surface area contributed by atoms with Crippen LogP contribution in [0.25, 0.3) is 11.6 Å². The zero-order valence-corrected chi connectivity index (χ0v) is 10.5. The fourth-order valence-corrected chi connectivity index (χ4v) is 1.78. The molecule has 0 aromatic heterocycles. The molecule has 0 bridgehead atoms. The van der Waals surface area contributed by atoms with E-state index in [1.807, 2.05) is 13.0 Å². The van der Waals surface area contributed by atoms with Crippen LogP contribution in [0.3, 0.4) is 0 Å². The summed E-state index contributed by atoms with van der Waals surface area (Å²) >= 11 is 0. The van der Waals surface area contributed by atoms with Crippen molar-refractivity contribution in [3.05, 3.63) is 47.5 Å². The lowest BCUT2D eigenvalue weighted by Gasteiger charge is -2.14. The maximum absolute atomic E-state index is 11.6. The standard InChI is InChI=1S/C15H16O2/c1-6-13-9(2)7-8-14(12(5)17)15(13)10(3)11(4)16/h6-8H,1,3H2,2,4-5H3. The molecule has 2 nitrogen and oxygen atoms in total. The largest absolute Gasteiger partial charge is 0.295 e. The Bertz CT molecular complexity index is 522. The first-order valence-electron chi connectivity index (χ1n) is 5.37. The number of Topliss-reactive ketones (excluding diaryl/α,β-unsaturated/α-hetero) is 2. The molecule has 0 aliphatic carbocycles. The van der Waals surface area contributed by atoms with Crippen molar-refractivity contribution in [3.63, 3.8) is 0 Å². The van der Waals surface area contributed by atoms with Crippen molar-refractivity contribution in [1.82, 2.24) is 0 Å². The second kappa shape index (κ2) is 4.91. The summed E-state index contributed by atoms with van der Waals surface area (Å²) < 4.78 is 0. The lowest BCUT2D eigenvalue weighted by molar-refractivity contribution is -0.111. The van der Waals surface area contributed by atoms with Gasteiger partial charge in [-0.15, -0.1) is 0 Å². The highest BCUT2D eigenvalue weighted by molar-refractivity contribution is 6.22. The van der Waals surface area contributed by atoms with Crippen molar-refractivity contribution in [1.29, 1.82) is 0 Å². The van der Waals surface area contributed by atoms with Crippen molar-refractivity contribution in [2.75, 3.05) is 0 Å². The molecule has 2 heteroatoms. The van der Waals surface area contributed by atoms with Crippen LogP contribution in [0.15, 0.2) is 25.3 Å². The Morgan fingerprint density at radius 1 is 1.24 bits per heavy atom. The molecule has 0 spiro atoms. The molecule has 1 rings (SSSR count). The van der Waals surface area contributed by atoms with Crippen LogP contribution in [0.5, 0.6) is 0 Å². The van der Waals surface area contributed by atoms with Gasteiger partial charge in [-0.2, -0.15) is 0 Å². The van der Waals surface area contributed by atoms with Gasteiger partial charge >= 0.3 is 0 Å². The van der Waals surface area contributed by atoms with Gasteiger partial charge in [0.25, 0.3) is 0 Å². The van der Waals surface area contributed by atoms with Crippen molar-refractivity contribution in [3.8, 4) is 0 Å². The van der Waals surface area contributed by atoms with E-state index in [9.17, 15) is 9.59 Å². The molecule has 88 valence electrons. The Balaban J connectivity index is 3.67. The molecule has 1 aromatic carbocycles. The van der Waals surface area contributed by atoms with Crippen LogP contribution in [0.2, 0.25) is 0 Å².